The van der Waals surface area contributed by atoms with Crippen molar-refractivity contribution in [2.24, 2.45) is 0 Å². The number of hydrogen-bond acceptors (Lipinski definition) is 5. The monoisotopic (exact) mass is 268 g/mol. The number of nitrogens with zero attached hydrogens (tertiary/aromatic N) is 3. The van der Waals surface area contributed by atoms with Gasteiger partial charge in [0.1, 0.15) is 5.69 Å². The zero-order chi connectivity index (χ0) is 14.2. The molecule has 0 bridgehead atoms. The first-order valence-corrected chi connectivity index (χ1v) is 5.93. The van der Waals surface area contributed by atoms with E-state index in [1.165, 1.54) is 24.8 Å². The highest BCUT2D eigenvalue weighted by Crippen LogP contribution is 2.03. The van der Waals surface area contributed by atoms with Crippen molar-refractivity contribution in [3.05, 3.63) is 48.2 Å². The third-order valence-electron chi connectivity index (χ3n) is 2.27. The van der Waals surface area contributed by atoms with Gasteiger partial charge in [-0.3, -0.25) is 9.78 Å². The number of pyridine rings is 1. The topological polar surface area (TPSA) is 88.0 Å². The van der Waals surface area contributed by atoms with Gasteiger partial charge in [0.05, 0.1) is 12.8 Å². The molecule has 0 aromatic carbocycles. The fourth-order valence-electron chi connectivity index (χ4n) is 1.37. The number of aliphatic hydroxyl groups excluding tert-OH is 1. The Balaban J connectivity index is 2.03. The van der Waals surface area contributed by atoms with Crippen molar-refractivity contribution in [3.8, 4) is 11.8 Å². The highest BCUT2D eigenvalue weighted by molar-refractivity contribution is 6.02. The van der Waals surface area contributed by atoms with E-state index in [9.17, 15) is 4.79 Å². The predicted octanol–water partition coefficient (Wildman–Crippen LogP) is 0.858. The molecule has 2 N–H and O–H groups in total. The van der Waals surface area contributed by atoms with E-state index in [1.807, 2.05) is 0 Å². The maximum Gasteiger partial charge on any atom is 0.275 e. The number of nitrogens with one attached hydrogen (secondary N) is 1. The van der Waals surface area contributed by atoms with Gasteiger partial charge in [-0.05, 0) is 12.1 Å². The summed E-state index contributed by atoms with van der Waals surface area (Å²) in [5.74, 6) is 5.62. The molecule has 20 heavy (non-hydrogen) atoms. The van der Waals surface area contributed by atoms with Gasteiger partial charge in [0.25, 0.3) is 5.91 Å². The summed E-state index contributed by atoms with van der Waals surface area (Å²) < 4.78 is 0. The Morgan fingerprint density at radius 3 is 2.80 bits per heavy atom. The first-order chi connectivity index (χ1) is 9.79. The van der Waals surface area contributed by atoms with Gasteiger partial charge >= 0.3 is 0 Å². The molecule has 0 unspecified atom stereocenters. The normalized spacial score (nSPS) is 9.45. The third kappa shape index (κ3) is 3.86. The predicted molar refractivity (Wildman–Crippen MR) is 72.8 cm³/mol. The molecule has 0 radical (unpaired) electrons. The lowest BCUT2D eigenvalue weighted by Crippen LogP contribution is -2.14. The van der Waals surface area contributed by atoms with Gasteiger partial charge < -0.3 is 10.4 Å². The van der Waals surface area contributed by atoms with Crippen molar-refractivity contribution in [1.82, 2.24) is 15.0 Å². The van der Waals surface area contributed by atoms with E-state index in [1.54, 1.807) is 12.1 Å². The molecule has 2 aromatic rings. The molecular formula is C14H12N4O2. The molecule has 2 rings (SSSR count). The zero-order valence-electron chi connectivity index (χ0n) is 10.6. The van der Waals surface area contributed by atoms with E-state index in [4.69, 9.17) is 5.11 Å². The van der Waals surface area contributed by atoms with Gasteiger partial charge in [0.15, 0.2) is 5.82 Å². The van der Waals surface area contributed by atoms with E-state index in [0.717, 1.165) is 0 Å². The SMILES string of the molecule is O=C(Nc1cnccn1)c1ccc(C#CCCO)cn1. The number of rotatable bonds is 3. The van der Waals surface area contributed by atoms with Crippen LogP contribution in [0.3, 0.4) is 0 Å². The van der Waals surface area contributed by atoms with Crippen LogP contribution in [0.5, 0.6) is 0 Å². The fourth-order valence-corrected chi connectivity index (χ4v) is 1.37. The van der Waals surface area contributed by atoms with Crippen LogP contribution < -0.4 is 5.32 Å². The van der Waals surface area contributed by atoms with Crippen molar-refractivity contribution in [2.75, 3.05) is 11.9 Å². The van der Waals surface area contributed by atoms with E-state index in [-0.39, 0.29) is 18.2 Å². The molecule has 100 valence electrons. The summed E-state index contributed by atoms with van der Waals surface area (Å²) in [6.07, 6.45) is 6.38. The molecule has 0 fully saturated rings. The van der Waals surface area contributed by atoms with Crippen LogP contribution in [-0.2, 0) is 0 Å². The first kappa shape index (κ1) is 13.6. The summed E-state index contributed by atoms with van der Waals surface area (Å²) in [5.41, 5.74) is 0.956. The number of aromatic nitrogens is 3. The lowest BCUT2D eigenvalue weighted by atomic mass is 10.2. The molecule has 2 heterocycles. The van der Waals surface area contributed by atoms with Gasteiger partial charge in [0.2, 0.25) is 0 Å². The molecule has 6 nitrogen and oxygen atoms in total. The summed E-state index contributed by atoms with van der Waals surface area (Å²) in [7, 11) is 0. The summed E-state index contributed by atoms with van der Waals surface area (Å²) >= 11 is 0. The number of amides is 1. The molecule has 0 saturated carbocycles. The Bertz CT molecular complexity index is 630. The minimum absolute atomic E-state index is 0.0268. The maximum atomic E-state index is 11.9. The average molecular weight is 268 g/mol. The fraction of sp³-hybridized carbons (Fsp3) is 0.143. The molecule has 0 aliphatic rings. The van der Waals surface area contributed by atoms with Gasteiger partial charge in [-0.25, -0.2) is 9.97 Å². The number of aliphatic hydroxyl groups is 1. The Morgan fingerprint density at radius 2 is 2.15 bits per heavy atom. The smallest absolute Gasteiger partial charge is 0.275 e. The lowest BCUT2D eigenvalue weighted by Gasteiger charge is -2.02. The van der Waals surface area contributed by atoms with Crippen LogP contribution in [0.1, 0.15) is 22.5 Å². The Kier molecular flexibility index (Phi) is 4.76. The summed E-state index contributed by atoms with van der Waals surface area (Å²) in [6, 6.07) is 3.28. The maximum absolute atomic E-state index is 11.9. The second-order valence-electron chi connectivity index (χ2n) is 3.75. The molecule has 0 spiro atoms. The van der Waals surface area contributed by atoms with Crippen LogP contribution in [0, 0.1) is 11.8 Å². The van der Waals surface area contributed by atoms with E-state index >= 15 is 0 Å². The van der Waals surface area contributed by atoms with Crippen LogP contribution in [0.2, 0.25) is 0 Å². The lowest BCUT2D eigenvalue weighted by molar-refractivity contribution is 0.102. The molecule has 0 aliphatic carbocycles. The van der Waals surface area contributed by atoms with Gasteiger partial charge in [-0.15, -0.1) is 0 Å². The van der Waals surface area contributed by atoms with Crippen LogP contribution in [0.15, 0.2) is 36.9 Å². The highest BCUT2D eigenvalue weighted by atomic mass is 16.2. The molecular weight excluding hydrogens is 256 g/mol. The van der Waals surface area contributed by atoms with E-state index < -0.39 is 0 Å². The van der Waals surface area contributed by atoms with Crippen molar-refractivity contribution in [2.45, 2.75) is 6.42 Å². The number of carbonyl (C=O) groups excluding carboxylic acids is 1. The van der Waals surface area contributed by atoms with E-state index in [2.05, 4.69) is 32.1 Å². The number of hydrogen-bond donors (Lipinski definition) is 2. The summed E-state index contributed by atoms with van der Waals surface area (Å²) in [6.45, 7) is 0.0268. The number of anilines is 1. The van der Waals surface area contributed by atoms with Gasteiger partial charge in [0, 0.05) is 30.6 Å². The third-order valence-corrected chi connectivity index (χ3v) is 2.27. The van der Waals surface area contributed by atoms with Crippen molar-refractivity contribution >= 4 is 11.7 Å². The molecule has 6 heteroatoms. The van der Waals surface area contributed by atoms with Crippen LogP contribution in [0.4, 0.5) is 5.82 Å². The largest absolute Gasteiger partial charge is 0.395 e. The minimum atomic E-state index is -0.361. The number of carbonyl (C=O) groups is 1. The quantitative estimate of drug-likeness (QED) is 0.806. The molecule has 2 aromatic heterocycles. The summed E-state index contributed by atoms with van der Waals surface area (Å²) in [4.78, 5) is 23.7. The Labute approximate surface area is 115 Å². The molecule has 0 atom stereocenters. The zero-order valence-corrected chi connectivity index (χ0v) is 10.6. The van der Waals surface area contributed by atoms with Crippen molar-refractivity contribution in [1.29, 1.82) is 0 Å². The van der Waals surface area contributed by atoms with Crippen molar-refractivity contribution in [3.63, 3.8) is 0 Å². The highest BCUT2D eigenvalue weighted by Gasteiger charge is 2.07. The minimum Gasteiger partial charge on any atom is -0.395 e. The van der Waals surface area contributed by atoms with Gasteiger partial charge in [-0.1, -0.05) is 11.8 Å². The summed E-state index contributed by atoms with van der Waals surface area (Å²) in [5, 5.41) is 11.2. The van der Waals surface area contributed by atoms with Crippen LogP contribution >= 0.6 is 0 Å². The second kappa shape index (κ2) is 6.97. The van der Waals surface area contributed by atoms with Crippen LogP contribution in [-0.4, -0.2) is 32.6 Å². The molecule has 0 saturated heterocycles. The van der Waals surface area contributed by atoms with Gasteiger partial charge in [-0.2, -0.15) is 0 Å². The molecule has 1 amide bonds. The first-order valence-electron chi connectivity index (χ1n) is 5.93. The van der Waals surface area contributed by atoms with E-state index in [0.29, 0.717) is 17.8 Å². The second-order valence-corrected chi connectivity index (χ2v) is 3.75. The molecule has 0 aliphatic heterocycles. The Hall–Kier alpha value is -2.78. The Morgan fingerprint density at radius 1 is 1.25 bits per heavy atom. The van der Waals surface area contributed by atoms with Crippen LogP contribution in [0.25, 0.3) is 0 Å². The van der Waals surface area contributed by atoms with Crippen molar-refractivity contribution < 1.29 is 9.90 Å². The standard InChI is InChI=1S/C14H12N4O2/c19-8-2-1-3-11-4-5-12(17-9-11)14(20)18-13-10-15-6-7-16-13/h4-7,9-10,19H,2,8H2,(H,16,18,20). The average Bonchev–Trinajstić information content (AvgIpc) is 2.49.